The number of benzene rings is 1. The van der Waals surface area contributed by atoms with Gasteiger partial charge >= 0.3 is 0 Å². The number of aliphatic hydroxyl groups excluding tert-OH is 2. The molecule has 5 rings (SSSR count). The molecular formula is C18H17ClIN5O4. The first-order chi connectivity index (χ1) is 14.0. The number of hydrogen-bond acceptors (Lipinski definition) is 8. The maximum absolute atomic E-state index is 10.4. The number of anilines is 1. The van der Waals surface area contributed by atoms with E-state index in [0.29, 0.717) is 23.5 Å². The van der Waals surface area contributed by atoms with Gasteiger partial charge in [0.25, 0.3) is 0 Å². The molecule has 2 fully saturated rings. The molecule has 2 bridgehead atoms. The Kier molecular flexibility index (Phi) is 4.87. The third-order valence-corrected chi connectivity index (χ3v) is 6.13. The predicted octanol–water partition coefficient (Wildman–Crippen LogP) is 1.72. The SMILES string of the molecule is OC[C@@]12COC(C1O)[C@H](n1cnc3c(NCc4cccc(I)c4)nc(Cl)nc31)O2. The highest BCUT2D eigenvalue weighted by molar-refractivity contribution is 14.1. The fourth-order valence-corrected chi connectivity index (χ4v) is 4.56. The largest absolute Gasteiger partial charge is 0.393 e. The number of ether oxygens (including phenoxy) is 2. The van der Waals surface area contributed by atoms with Crippen LogP contribution in [-0.2, 0) is 16.0 Å². The molecule has 0 aliphatic carbocycles. The Hall–Kier alpha value is -1.57. The molecule has 4 heterocycles. The van der Waals surface area contributed by atoms with E-state index in [0.717, 1.165) is 9.13 Å². The minimum absolute atomic E-state index is 0.0610. The van der Waals surface area contributed by atoms with Crippen LogP contribution in [0.1, 0.15) is 11.8 Å². The summed E-state index contributed by atoms with van der Waals surface area (Å²) in [6.07, 6.45) is -0.689. The van der Waals surface area contributed by atoms with Gasteiger partial charge in [-0.25, -0.2) is 4.98 Å². The summed E-state index contributed by atoms with van der Waals surface area (Å²) in [4.78, 5) is 13.0. The van der Waals surface area contributed by atoms with Crippen molar-refractivity contribution in [2.75, 3.05) is 18.5 Å². The molecular weight excluding hydrogens is 513 g/mol. The van der Waals surface area contributed by atoms with Crippen molar-refractivity contribution in [1.29, 1.82) is 0 Å². The van der Waals surface area contributed by atoms with E-state index in [-0.39, 0.29) is 18.5 Å². The van der Waals surface area contributed by atoms with Crippen molar-refractivity contribution in [2.45, 2.75) is 30.6 Å². The zero-order chi connectivity index (χ0) is 20.2. The summed E-state index contributed by atoms with van der Waals surface area (Å²) >= 11 is 8.43. The van der Waals surface area contributed by atoms with Crippen molar-refractivity contribution >= 4 is 51.2 Å². The molecule has 1 aromatic carbocycles. The van der Waals surface area contributed by atoms with E-state index >= 15 is 0 Å². The van der Waals surface area contributed by atoms with E-state index in [1.807, 2.05) is 18.2 Å². The fourth-order valence-electron chi connectivity index (χ4n) is 3.79. The lowest BCUT2D eigenvalue weighted by Crippen LogP contribution is -2.44. The third kappa shape index (κ3) is 3.18. The summed E-state index contributed by atoms with van der Waals surface area (Å²) in [7, 11) is 0. The molecule has 3 N–H and O–H groups in total. The molecule has 0 radical (unpaired) electrons. The Bertz CT molecular complexity index is 1080. The molecule has 0 amide bonds. The molecule has 0 spiro atoms. The molecule has 11 heteroatoms. The molecule has 29 heavy (non-hydrogen) atoms. The second-order valence-corrected chi connectivity index (χ2v) is 8.68. The van der Waals surface area contributed by atoms with Crippen LogP contribution in [0.25, 0.3) is 11.2 Å². The number of aromatic nitrogens is 4. The summed E-state index contributed by atoms with van der Waals surface area (Å²) in [6, 6.07) is 8.10. The first-order valence-electron chi connectivity index (χ1n) is 8.97. The van der Waals surface area contributed by atoms with Crippen LogP contribution < -0.4 is 5.32 Å². The number of nitrogens with one attached hydrogen (secondary N) is 1. The van der Waals surface area contributed by atoms with Gasteiger partial charge in [-0.05, 0) is 51.9 Å². The van der Waals surface area contributed by atoms with E-state index in [1.54, 1.807) is 10.9 Å². The Morgan fingerprint density at radius 2 is 2.24 bits per heavy atom. The van der Waals surface area contributed by atoms with Crippen molar-refractivity contribution in [3.05, 3.63) is 45.0 Å². The van der Waals surface area contributed by atoms with Crippen LogP contribution >= 0.6 is 34.2 Å². The van der Waals surface area contributed by atoms with Gasteiger partial charge in [-0.2, -0.15) is 9.97 Å². The lowest BCUT2D eigenvalue weighted by atomic mass is 10.0. The van der Waals surface area contributed by atoms with Gasteiger partial charge in [0.05, 0.1) is 19.5 Å². The van der Waals surface area contributed by atoms with Gasteiger partial charge in [0, 0.05) is 10.1 Å². The number of hydrogen-bond donors (Lipinski definition) is 3. The maximum Gasteiger partial charge on any atom is 0.226 e. The van der Waals surface area contributed by atoms with E-state index in [1.165, 1.54) is 0 Å². The molecule has 2 aliphatic heterocycles. The second kappa shape index (κ2) is 7.29. The van der Waals surface area contributed by atoms with E-state index < -0.39 is 24.0 Å². The number of aliphatic hydroxyl groups is 2. The standard InChI is InChI=1S/C18H17ClIN5O4/c19-17-23-14(21-5-9-2-1-3-10(20)4-9)11-15(24-17)25(8-22-11)16-12-13(27)18(6-26,29-16)7-28-12/h1-4,8,12-13,16,26-27H,5-7H2,(H,21,23,24)/t12?,13?,16-,18-/m1/s1. The van der Waals surface area contributed by atoms with E-state index in [2.05, 4.69) is 48.9 Å². The highest BCUT2D eigenvalue weighted by Gasteiger charge is 2.61. The van der Waals surface area contributed by atoms with Crippen LogP contribution in [0.5, 0.6) is 0 Å². The second-order valence-electron chi connectivity index (χ2n) is 7.10. The molecule has 2 unspecified atom stereocenters. The summed E-state index contributed by atoms with van der Waals surface area (Å²) in [5.74, 6) is 0.499. The number of nitrogens with zero attached hydrogens (tertiary/aromatic N) is 4. The topological polar surface area (TPSA) is 115 Å². The molecule has 152 valence electrons. The molecule has 3 aromatic rings. The van der Waals surface area contributed by atoms with Gasteiger partial charge < -0.3 is 25.0 Å². The predicted molar refractivity (Wildman–Crippen MR) is 113 cm³/mol. The Morgan fingerprint density at radius 1 is 1.38 bits per heavy atom. The van der Waals surface area contributed by atoms with Gasteiger partial charge in [0.15, 0.2) is 23.2 Å². The van der Waals surface area contributed by atoms with Gasteiger partial charge in [0.2, 0.25) is 5.28 Å². The monoisotopic (exact) mass is 529 g/mol. The van der Waals surface area contributed by atoms with E-state index in [9.17, 15) is 10.2 Å². The summed E-state index contributed by atoms with van der Waals surface area (Å²) in [6.45, 7) is 0.341. The summed E-state index contributed by atoms with van der Waals surface area (Å²) in [5, 5.41) is 23.4. The number of rotatable bonds is 5. The van der Waals surface area contributed by atoms with Crippen LogP contribution in [0.3, 0.4) is 0 Å². The zero-order valence-electron chi connectivity index (χ0n) is 15.0. The minimum Gasteiger partial charge on any atom is -0.393 e. The van der Waals surface area contributed by atoms with Gasteiger partial charge in [0.1, 0.15) is 17.8 Å². The molecule has 2 aromatic heterocycles. The van der Waals surface area contributed by atoms with Crippen LogP contribution in [0.15, 0.2) is 30.6 Å². The van der Waals surface area contributed by atoms with Crippen molar-refractivity contribution in [3.8, 4) is 0 Å². The Balaban J connectivity index is 1.47. The van der Waals surface area contributed by atoms with Crippen molar-refractivity contribution in [3.63, 3.8) is 0 Å². The third-order valence-electron chi connectivity index (χ3n) is 5.29. The molecule has 0 saturated carbocycles. The van der Waals surface area contributed by atoms with Crippen molar-refractivity contribution in [2.24, 2.45) is 0 Å². The zero-order valence-corrected chi connectivity index (χ0v) is 17.9. The highest BCUT2D eigenvalue weighted by Crippen LogP contribution is 2.45. The lowest BCUT2D eigenvalue weighted by Gasteiger charge is -2.29. The van der Waals surface area contributed by atoms with Crippen LogP contribution in [-0.4, -0.2) is 60.8 Å². The summed E-state index contributed by atoms with van der Waals surface area (Å²) < 4.78 is 14.4. The maximum atomic E-state index is 10.4. The fraction of sp³-hybridized carbons (Fsp3) is 0.389. The normalized spacial score (nSPS) is 28.3. The molecule has 2 saturated heterocycles. The first-order valence-corrected chi connectivity index (χ1v) is 10.4. The molecule has 2 aliphatic rings. The van der Waals surface area contributed by atoms with Gasteiger partial charge in [-0.3, -0.25) is 4.57 Å². The molecule has 4 atom stereocenters. The number of fused-ring (bicyclic) bond motifs is 3. The molecule has 9 nitrogen and oxygen atoms in total. The van der Waals surface area contributed by atoms with Gasteiger partial charge in [-0.1, -0.05) is 12.1 Å². The quantitative estimate of drug-likeness (QED) is 0.338. The number of halogens is 2. The lowest BCUT2D eigenvalue weighted by molar-refractivity contribution is -0.185. The first kappa shape index (κ1) is 19.4. The smallest absolute Gasteiger partial charge is 0.226 e. The average molecular weight is 530 g/mol. The Morgan fingerprint density at radius 3 is 3.00 bits per heavy atom. The van der Waals surface area contributed by atoms with Gasteiger partial charge in [-0.15, -0.1) is 0 Å². The average Bonchev–Trinajstić information content (AvgIpc) is 3.35. The van der Waals surface area contributed by atoms with Crippen LogP contribution in [0.4, 0.5) is 5.82 Å². The van der Waals surface area contributed by atoms with Crippen LogP contribution in [0, 0.1) is 3.57 Å². The van der Waals surface area contributed by atoms with Crippen molar-refractivity contribution < 1.29 is 19.7 Å². The van der Waals surface area contributed by atoms with E-state index in [4.69, 9.17) is 21.1 Å². The Labute approximate surface area is 184 Å². The number of imidazole rings is 1. The summed E-state index contributed by atoms with van der Waals surface area (Å²) in [5.41, 5.74) is 0.946. The van der Waals surface area contributed by atoms with Crippen molar-refractivity contribution in [1.82, 2.24) is 19.5 Å². The van der Waals surface area contributed by atoms with Crippen LogP contribution in [0.2, 0.25) is 5.28 Å². The minimum atomic E-state index is -1.13. The highest BCUT2D eigenvalue weighted by atomic mass is 127.